The molecule has 2 N–H and O–H groups in total. The van der Waals surface area contributed by atoms with E-state index in [4.69, 9.17) is 0 Å². The molecule has 0 spiro atoms. The number of fused-ring (bicyclic) bond motifs is 1. The van der Waals surface area contributed by atoms with Gasteiger partial charge in [-0.2, -0.15) is 0 Å². The normalized spacial score (nSPS) is 21.7. The van der Waals surface area contributed by atoms with Gasteiger partial charge in [0.25, 0.3) is 5.91 Å². The molecular weight excluding hydrogens is 328 g/mol. The number of aliphatic hydroxyl groups is 1. The summed E-state index contributed by atoms with van der Waals surface area (Å²) in [7, 11) is 1.83. The monoisotopic (exact) mass is 348 g/mol. The summed E-state index contributed by atoms with van der Waals surface area (Å²) in [5, 5.41) is 13.5. The number of hydrogen-bond donors (Lipinski definition) is 2. The summed E-state index contributed by atoms with van der Waals surface area (Å²) in [6.45, 7) is 0.692. The van der Waals surface area contributed by atoms with E-state index in [0.717, 1.165) is 5.69 Å². The zero-order chi connectivity index (χ0) is 18.1. The highest BCUT2D eigenvalue weighted by atomic mass is 16.3. The summed E-state index contributed by atoms with van der Waals surface area (Å²) in [5.74, 6) is -0.129. The Kier molecular flexibility index (Phi) is 4.08. The van der Waals surface area contributed by atoms with Gasteiger partial charge in [-0.25, -0.2) is 4.98 Å². The van der Waals surface area contributed by atoms with Crippen molar-refractivity contribution in [2.45, 2.75) is 0 Å². The number of hydrogen-bond acceptors (Lipinski definition) is 4. The van der Waals surface area contributed by atoms with Gasteiger partial charge in [-0.3, -0.25) is 4.79 Å². The molecule has 1 aliphatic heterocycles. The Morgan fingerprint density at radius 2 is 2.00 bits per heavy atom. The van der Waals surface area contributed by atoms with Gasteiger partial charge >= 0.3 is 0 Å². The van der Waals surface area contributed by atoms with Gasteiger partial charge in [0.15, 0.2) is 0 Å². The van der Waals surface area contributed by atoms with Crippen LogP contribution >= 0.6 is 0 Å². The molecule has 2 atom stereocenters. The van der Waals surface area contributed by atoms with Crippen LogP contribution in [0.3, 0.4) is 0 Å². The number of rotatable bonds is 3. The van der Waals surface area contributed by atoms with Crippen LogP contribution in [0.25, 0.3) is 5.69 Å². The van der Waals surface area contributed by atoms with Crippen molar-refractivity contribution in [2.75, 3.05) is 18.9 Å². The quantitative estimate of drug-likeness (QED) is 0.895. The number of carbonyl (C=O) groups excluding carboxylic acids is 1. The number of likely N-dealkylation sites (N-methyl/N-ethyl adjacent to an activating group) is 1. The fourth-order valence-corrected chi connectivity index (χ4v) is 3.49. The standard InChI is InChI=1S/C20H20N4O2/c1-23-12-14-4-2-3-5-17(14)19(25)18(23)20(26)22-15-6-8-16(9-7-15)24-11-10-21-13-24/h2-11,13-14,17,25H,12H2,1H3,(H,22,26). The number of nitrogens with one attached hydrogen (secondary N) is 1. The zero-order valence-electron chi connectivity index (χ0n) is 14.4. The van der Waals surface area contributed by atoms with E-state index in [1.165, 1.54) is 0 Å². The topological polar surface area (TPSA) is 70.4 Å². The molecule has 0 bridgehead atoms. The van der Waals surface area contributed by atoms with Crippen LogP contribution in [-0.4, -0.2) is 39.1 Å². The number of amides is 1. The van der Waals surface area contributed by atoms with Crippen molar-refractivity contribution < 1.29 is 9.90 Å². The predicted molar refractivity (Wildman–Crippen MR) is 99.7 cm³/mol. The van der Waals surface area contributed by atoms with Gasteiger partial charge in [0.2, 0.25) is 0 Å². The molecule has 6 heteroatoms. The molecule has 1 aromatic heterocycles. The lowest BCUT2D eigenvalue weighted by molar-refractivity contribution is -0.114. The molecule has 26 heavy (non-hydrogen) atoms. The molecule has 0 fully saturated rings. The average molecular weight is 348 g/mol. The first kappa shape index (κ1) is 16.2. The van der Waals surface area contributed by atoms with Crippen molar-refractivity contribution in [3.63, 3.8) is 0 Å². The average Bonchev–Trinajstić information content (AvgIpc) is 3.17. The lowest BCUT2D eigenvalue weighted by Gasteiger charge is -2.36. The highest BCUT2D eigenvalue weighted by Crippen LogP contribution is 2.34. The van der Waals surface area contributed by atoms with Gasteiger partial charge in [-0.15, -0.1) is 0 Å². The van der Waals surface area contributed by atoms with Gasteiger partial charge in [-0.1, -0.05) is 24.3 Å². The minimum atomic E-state index is -0.304. The summed E-state index contributed by atoms with van der Waals surface area (Å²) < 4.78 is 1.89. The van der Waals surface area contributed by atoms with Gasteiger partial charge in [0, 0.05) is 49.2 Å². The molecule has 1 amide bonds. The zero-order valence-corrected chi connectivity index (χ0v) is 14.4. The van der Waals surface area contributed by atoms with E-state index in [2.05, 4.69) is 16.4 Å². The Balaban J connectivity index is 1.54. The van der Waals surface area contributed by atoms with Gasteiger partial charge in [0.1, 0.15) is 11.5 Å². The highest BCUT2D eigenvalue weighted by Gasteiger charge is 2.35. The summed E-state index contributed by atoms with van der Waals surface area (Å²) in [6, 6.07) is 7.47. The molecule has 1 aromatic carbocycles. The molecule has 0 saturated carbocycles. The summed E-state index contributed by atoms with van der Waals surface area (Å²) >= 11 is 0. The number of carbonyl (C=O) groups is 1. The Morgan fingerprint density at radius 3 is 2.73 bits per heavy atom. The number of aliphatic hydroxyl groups excluding tert-OH is 1. The van der Waals surface area contributed by atoms with Crippen LogP contribution in [0.2, 0.25) is 0 Å². The minimum Gasteiger partial charge on any atom is -0.509 e. The van der Waals surface area contributed by atoms with E-state index in [1.807, 2.05) is 65.2 Å². The Labute approximate surface area is 151 Å². The fourth-order valence-electron chi connectivity index (χ4n) is 3.49. The first-order chi connectivity index (χ1) is 12.6. The minimum absolute atomic E-state index is 0.122. The third-order valence-corrected chi connectivity index (χ3v) is 4.82. The van der Waals surface area contributed by atoms with Crippen LogP contribution in [0, 0.1) is 11.8 Å². The fraction of sp³-hybridized carbons (Fsp3) is 0.200. The van der Waals surface area contributed by atoms with Gasteiger partial charge in [0.05, 0.1) is 6.33 Å². The molecule has 0 radical (unpaired) electrons. The number of allylic oxidation sites excluding steroid dienone is 3. The Bertz CT molecular complexity index is 894. The summed E-state index contributed by atoms with van der Waals surface area (Å²) in [6.07, 6.45) is 13.2. The van der Waals surface area contributed by atoms with Crippen molar-refractivity contribution in [1.29, 1.82) is 0 Å². The number of aromatic nitrogens is 2. The largest absolute Gasteiger partial charge is 0.509 e. The van der Waals surface area contributed by atoms with Gasteiger partial charge < -0.3 is 19.9 Å². The maximum Gasteiger partial charge on any atom is 0.275 e. The van der Waals surface area contributed by atoms with Crippen molar-refractivity contribution in [2.24, 2.45) is 11.8 Å². The third-order valence-electron chi connectivity index (χ3n) is 4.82. The van der Waals surface area contributed by atoms with Crippen molar-refractivity contribution >= 4 is 11.6 Å². The van der Waals surface area contributed by atoms with E-state index in [0.29, 0.717) is 17.9 Å². The Morgan fingerprint density at radius 1 is 1.23 bits per heavy atom. The number of imidazole rings is 1. The van der Waals surface area contributed by atoms with E-state index < -0.39 is 0 Å². The molecule has 2 heterocycles. The third kappa shape index (κ3) is 2.90. The van der Waals surface area contributed by atoms with Crippen molar-refractivity contribution in [3.05, 3.63) is 78.7 Å². The van der Waals surface area contributed by atoms with E-state index in [1.54, 1.807) is 12.5 Å². The second kappa shape index (κ2) is 6.55. The van der Waals surface area contributed by atoms with E-state index in [9.17, 15) is 9.90 Å². The first-order valence-corrected chi connectivity index (χ1v) is 8.52. The summed E-state index contributed by atoms with van der Waals surface area (Å²) in [5.41, 5.74) is 1.96. The lowest BCUT2D eigenvalue weighted by Crippen LogP contribution is -2.40. The number of nitrogens with zero attached hydrogens (tertiary/aromatic N) is 3. The van der Waals surface area contributed by atoms with Crippen LogP contribution in [0.5, 0.6) is 0 Å². The van der Waals surface area contributed by atoms with Crippen LogP contribution in [0.15, 0.2) is 78.7 Å². The Hall–Kier alpha value is -3.28. The van der Waals surface area contributed by atoms with Crippen LogP contribution in [-0.2, 0) is 4.79 Å². The second-order valence-corrected chi connectivity index (χ2v) is 6.54. The molecule has 4 rings (SSSR count). The van der Waals surface area contributed by atoms with Gasteiger partial charge in [-0.05, 0) is 24.3 Å². The molecule has 0 saturated heterocycles. The maximum absolute atomic E-state index is 12.7. The molecule has 6 nitrogen and oxygen atoms in total. The molecule has 1 aliphatic carbocycles. The molecule has 2 aromatic rings. The predicted octanol–water partition coefficient (Wildman–Crippen LogP) is 2.88. The second-order valence-electron chi connectivity index (χ2n) is 6.54. The lowest BCUT2D eigenvalue weighted by atomic mass is 9.83. The first-order valence-electron chi connectivity index (χ1n) is 8.52. The molecule has 2 unspecified atom stereocenters. The van der Waals surface area contributed by atoms with Crippen molar-refractivity contribution in [3.8, 4) is 5.69 Å². The molecule has 132 valence electrons. The smallest absolute Gasteiger partial charge is 0.275 e. The SMILES string of the molecule is CN1CC2C=CC=CC2C(O)=C1C(=O)Nc1ccc(-n2ccnc2)cc1. The van der Waals surface area contributed by atoms with Crippen LogP contribution in [0.1, 0.15) is 0 Å². The molecular formula is C20H20N4O2. The number of benzene rings is 1. The van der Waals surface area contributed by atoms with E-state index in [-0.39, 0.29) is 23.5 Å². The van der Waals surface area contributed by atoms with E-state index >= 15 is 0 Å². The van der Waals surface area contributed by atoms with Crippen molar-refractivity contribution in [1.82, 2.24) is 14.5 Å². The van der Waals surface area contributed by atoms with Crippen LogP contribution in [0.4, 0.5) is 5.69 Å². The molecule has 2 aliphatic rings. The van der Waals surface area contributed by atoms with Crippen LogP contribution < -0.4 is 5.32 Å². The highest BCUT2D eigenvalue weighted by molar-refractivity contribution is 6.03. The summed E-state index contributed by atoms with van der Waals surface area (Å²) in [4.78, 5) is 18.6. The number of anilines is 1. The maximum atomic E-state index is 12.7.